The fourth-order valence-electron chi connectivity index (χ4n) is 4.49. The largest absolute Gasteiger partial charge is 0.328 e. The van der Waals surface area contributed by atoms with Crippen LogP contribution in [-0.4, -0.2) is 20.7 Å². The smallest absolute Gasteiger partial charge is 0.255 e. The Morgan fingerprint density at radius 2 is 1.76 bits per heavy atom. The van der Waals surface area contributed by atoms with Crippen molar-refractivity contribution in [2.24, 2.45) is 0 Å². The van der Waals surface area contributed by atoms with E-state index in [-0.39, 0.29) is 5.91 Å². The molecule has 0 bridgehead atoms. The number of amides is 1. The first-order chi connectivity index (χ1) is 18.3. The lowest BCUT2D eigenvalue weighted by Gasteiger charge is -2.29. The number of nitrogens with one attached hydrogen (secondary N) is 2. The molecule has 2 heterocycles. The van der Waals surface area contributed by atoms with Crippen molar-refractivity contribution in [1.82, 2.24) is 14.8 Å². The third-order valence-electron chi connectivity index (χ3n) is 6.67. The number of hydrogen-bond donors (Lipinski definition) is 2. The van der Waals surface area contributed by atoms with Crippen LogP contribution in [0, 0.1) is 6.92 Å². The molecule has 0 aliphatic carbocycles. The summed E-state index contributed by atoms with van der Waals surface area (Å²) in [6, 6.07) is 23.6. The predicted molar refractivity (Wildman–Crippen MR) is 156 cm³/mol. The van der Waals surface area contributed by atoms with Gasteiger partial charge in [0.1, 0.15) is 6.04 Å². The number of para-hydroxylation sites is 1. The topological polar surface area (TPSA) is 71.8 Å². The van der Waals surface area contributed by atoms with E-state index in [1.807, 2.05) is 67.1 Å². The van der Waals surface area contributed by atoms with Crippen LogP contribution in [0.15, 0.2) is 89.2 Å². The molecular weight excluding hydrogens is 514 g/mol. The average molecular weight is 544 g/mol. The Morgan fingerprint density at radius 1 is 1.05 bits per heavy atom. The Balaban J connectivity index is 1.50. The number of aromatic nitrogens is 3. The van der Waals surface area contributed by atoms with Crippen molar-refractivity contribution >= 4 is 40.9 Å². The molecule has 6 nitrogen and oxygen atoms in total. The lowest BCUT2D eigenvalue weighted by atomic mass is 9.92. The van der Waals surface area contributed by atoms with Gasteiger partial charge in [0.05, 0.1) is 5.57 Å². The number of aryl methyl sites for hydroxylation is 1. The van der Waals surface area contributed by atoms with Crippen molar-refractivity contribution in [1.29, 1.82) is 0 Å². The SMILES string of the molecule is CC1=C(C(=O)Nc2ccccc2C)[C@H](c2ccc(C(C)C)cc2)n2nc(SCc3ccc(Cl)cc3)nc2N1. The fourth-order valence-corrected chi connectivity index (χ4v) is 5.40. The van der Waals surface area contributed by atoms with Crippen molar-refractivity contribution in [3.63, 3.8) is 0 Å². The molecule has 38 heavy (non-hydrogen) atoms. The predicted octanol–water partition coefficient (Wildman–Crippen LogP) is 7.58. The molecule has 0 radical (unpaired) electrons. The van der Waals surface area contributed by atoms with Crippen LogP contribution >= 0.6 is 23.4 Å². The maximum Gasteiger partial charge on any atom is 0.255 e. The van der Waals surface area contributed by atoms with Crippen LogP contribution in [0.4, 0.5) is 11.6 Å². The highest BCUT2D eigenvalue weighted by Gasteiger charge is 2.34. The van der Waals surface area contributed by atoms with Crippen LogP contribution in [-0.2, 0) is 10.5 Å². The number of carbonyl (C=O) groups is 1. The summed E-state index contributed by atoms with van der Waals surface area (Å²) in [6.07, 6.45) is 0. The van der Waals surface area contributed by atoms with E-state index in [1.165, 1.54) is 5.56 Å². The van der Waals surface area contributed by atoms with Gasteiger partial charge in [-0.1, -0.05) is 91.8 Å². The van der Waals surface area contributed by atoms with E-state index in [0.29, 0.717) is 33.4 Å². The molecular formula is C30H30ClN5OS. The highest BCUT2D eigenvalue weighted by molar-refractivity contribution is 7.98. The molecule has 8 heteroatoms. The van der Waals surface area contributed by atoms with Crippen molar-refractivity contribution in [2.75, 3.05) is 10.6 Å². The molecule has 4 aromatic rings. The molecule has 5 rings (SSSR count). The number of allylic oxidation sites excluding steroid dienone is 1. The zero-order valence-corrected chi connectivity index (χ0v) is 23.4. The molecule has 0 spiro atoms. The molecule has 0 fully saturated rings. The minimum Gasteiger partial charge on any atom is -0.328 e. The maximum absolute atomic E-state index is 13.8. The zero-order valence-electron chi connectivity index (χ0n) is 21.8. The van der Waals surface area contributed by atoms with Crippen molar-refractivity contribution < 1.29 is 4.79 Å². The van der Waals surface area contributed by atoms with Gasteiger partial charge in [-0.3, -0.25) is 4.79 Å². The molecule has 1 aromatic heterocycles. The van der Waals surface area contributed by atoms with E-state index < -0.39 is 6.04 Å². The molecule has 1 aliphatic heterocycles. The summed E-state index contributed by atoms with van der Waals surface area (Å²) in [6.45, 7) is 8.24. The Bertz CT molecular complexity index is 1490. The fraction of sp³-hybridized carbons (Fsp3) is 0.233. The minimum atomic E-state index is -0.422. The normalized spacial score (nSPS) is 14.8. The van der Waals surface area contributed by atoms with Gasteiger partial charge in [-0.05, 0) is 60.2 Å². The summed E-state index contributed by atoms with van der Waals surface area (Å²) in [5.41, 5.74) is 6.50. The summed E-state index contributed by atoms with van der Waals surface area (Å²) in [4.78, 5) is 18.5. The molecule has 0 saturated heterocycles. The molecule has 0 saturated carbocycles. The number of fused-ring (bicyclic) bond motifs is 1. The number of benzene rings is 3. The Hall–Kier alpha value is -3.55. The van der Waals surface area contributed by atoms with Crippen LogP contribution < -0.4 is 10.6 Å². The number of hydrogen-bond acceptors (Lipinski definition) is 5. The van der Waals surface area contributed by atoms with E-state index in [1.54, 1.807) is 11.8 Å². The summed E-state index contributed by atoms with van der Waals surface area (Å²) >= 11 is 7.58. The summed E-state index contributed by atoms with van der Waals surface area (Å²) < 4.78 is 1.83. The third kappa shape index (κ3) is 5.49. The van der Waals surface area contributed by atoms with E-state index in [4.69, 9.17) is 21.7 Å². The van der Waals surface area contributed by atoms with Gasteiger partial charge in [-0.15, -0.1) is 5.10 Å². The van der Waals surface area contributed by atoms with Gasteiger partial charge >= 0.3 is 0 Å². The summed E-state index contributed by atoms with van der Waals surface area (Å²) in [5.74, 6) is 1.57. The Labute approximate surface area is 232 Å². The molecule has 1 atom stereocenters. The third-order valence-corrected chi connectivity index (χ3v) is 7.83. The van der Waals surface area contributed by atoms with Gasteiger partial charge in [-0.2, -0.15) is 4.98 Å². The van der Waals surface area contributed by atoms with Crippen LogP contribution in [0.5, 0.6) is 0 Å². The molecule has 1 aliphatic rings. The van der Waals surface area contributed by atoms with Crippen LogP contribution in [0.3, 0.4) is 0 Å². The first kappa shape index (κ1) is 26.1. The van der Waals surface area contributed by atoms with E-state index in [0.717, 1.165) is 28.1 Å². The number of thioether (sulfide) groups is 1. The van der Waals surface area contributed by atoms with Gasteiger partial charge in [0.2, 0.25) is 11.1 Å². The number of rotatable bonds is 7. The molecule has 1 amide bonds. The monoisotopic (exact) mass is 543 g/mol. The van der Waals surface area contributed by atoms with Gasteiger partial charge in [-0.25, -0.2) is 4.68 Å². The van der Waals surface area contributed by atoms with Crippen LogP contribution in [0.25, 0.3) is 0 Å². The van der Waals surface area contributed by atoms with E-state index >= 15 is 0 Å². The second-order valence-electron chi connectivity index (χ2n) is 9.73. The standard InChI is InChI=1S/C30H30ClN5OS/c1-18(2)22-11-13-23(14-12-22)27-26(28(37)33-25-8-6-5-7-19(25)3)20(4)32-29-34-30(35-36(27)29)38-17-21-9-15-24(31)16-10-21/h5-16,18,27H,17H2,1-4H3,(H,33,37)(H,32,34,35)/t27-/m0/s1. The van der Waals surface area contributed by atoms with Gasteiger partial charge in [0.15, 0.2) is 0 Å². The van der Waals surface area contributed by atoms with Crippen molar-refractivity contribution in [2.45, 2.75) is 50.6 Å². The van der Waals surface area contributed by atoms with Crippen LogP contribution in [0.1, 0.15) is 55.0 Å². The zero-order chi connectivity index (χ0) is 26.8. The van der Waals surface area contributed by atoms with E-state index in [2.05, 4.69) is 48.7 Å². The second kappa shape index (κ2) is 11.1. The highest BCUT2D eigenvalue weighted by atomic mass is 35.5. The molecule has 2 N–H and O–H groups in total. The molecule has 3 aromatic carbocycles. The lowest BCUT2D eigenvalue weighted by Crippen LogP contribution is -2.31. The molecule has 0 unspecified atom stereocenters. The van der Waals surface area contributed by atoms with Crippen molar-refractivity contribution in [3.05, 3.63) is 111 Å². The summed E-state index contributed by atoms with van der Waals surface area (Å²) in [7, 11) is 0. The van der Waals surface area contributed by atoms with Crippen LogP contribution in [0.2, 0.25) is 5.02 Å². The number of anilines is 2. The number of carbonyl (C=O) groups excluding carboxylic acids is 1. The lowest BCUT2D eigenvalue weighted by molar-refractivity contribution is -0.113. The molecule has 194 valence electrons. The second-order valence-corrected chi connectivity index (χ2v) is 11.1. The maximum atomic E-state index is 13.8. The van der Waals surface area contributed by atoms with E-state index in [9.17, 15) is 4.79 Å². The Kier molecular flexibility index (Phi) is 7.58. The minimum absolute atomic E-state index is 0.168. The number of nitrogens with zero attached hydrogens (tertiary/aromatic N) is 3. The summed E-state index contributed by atoms with van der Waals surface area (Å²) in [5, 5.41) is 12.6. The van der Waals surface area contributed by atoms with Crippen molar-refractivity contribution in [3.8, 4) is 0 Å². The first-order valence-electron chi connectivity index (χ1n) is 12.6. The number of halogens is 1. The Morgan fingerprint density at radius 3 is 2.45 bits per heavy atom. The van der Waals surface area contributed by atoms with Gasteiger partial charge in [0.25, 0.3) is 5.91 Å². The first-order valence-corrected chi connectivity index (χ1v) is 13.9. The van der Waals surface area contributed by atoms with Gasteiger partial charge in [0, 0.05) is 22.2 Å². The van der Waals surface area contributed by atoms with Gasteiger partial charge < -0.3 is 10.6 Å². The average Bonchev–Trinajstić information content (AvgIpc) is 3.31. The highest BCUT2D eigenvalue weighted by Crippen LogP contribution is 2.37. The quantitative estimate of drug-likeness (QED) is 0.235.